The van der Waals surface area contributed by atoms with Crippen molar-refractivity contribution in [2.24, 2.45) is 0 Å². The van der Waals surface area contributed by atoms with E-state index in [-0.39, 0.29) is 6.04 Å². The van der Waals surface area contributed by atoms with Crippen molar-refractivity contribution in [1.29, 1.82) is 0 Å². The molecule has 1 aliphatic carbocycles. The Hall–Kier alpha value is -0.480. The zero-order valence-corrected chi connectivity index (χ0v) is 11.5. The Morgan fingerprint density at radius 3 is 1.71 bits per heavy atom. The van der Waals surface area contributed by atoms with Crippen molar-refractivity contribution >= 4 is 0 Å². The maximum Gasteiger partial charge on any atom is 0.0660 e. The topological polar surface area (TPSA) is 12.0 Å². The highest BCUT2D eigenvalue weighted by Crippen LogP contribution is 2.17. The van der Waals surface area contributed by atoms with Crippen LogP contribution in [-0.2, 0) is 0 Å². The Morgan fingerprint density at radius 1 is 0.882 bits per heavy atom. The highest BCUT2D eigenvalue weighted by atomic mass is 14.9. The average molecular weight is 235 g/mol. The molecule has 98 valence electrons. The summed E-state index contributed by atoms with van der Waals surface area (Å²) in [4.78, 5) is 0. The number of hydrogen-bond donors (Lipinski definition) is 1. The fourth-order valence-corrected chi connectivity index (χ4v) is 2.73. The molecule has 1 atom stereocenters. The lowest BCUT2D eigenvalue weighted by Crippen LogP contribution is -2.35. The third-order valence-electron chi connectivity index (χ3n) is 3.84. The molecule has 1 nitrogen and oxygen atoms in total. The summed E-state index contributed by atoms with van der Waals surface area (Å²) < 4.78 is 0. The van der Waals surface area contributed by atoms with Gasteiger partial charge in [0, 0.05) is 6.04 Å². The lowest BCUT2D eigenvalue weighted by atomic mass is 9.97. The second-order valence-corrected chi connectivity index (χ2v) is 5.51. The molecule has 0 spiro atoms. The van der Waals surface area contributed by atoms with E-state index >= 15 is 0 Å². The van der Waals surface area contributed by atoms with Gasteiger partial charge >= 0.3 is 0 Å². The van der Waals surface area contributed by atoms with Crippen LogP contribution in [-0.4, -0.2) is 12.1 Å². The third-order valence-corrected chi connectivity index (χ3v) is 3.84. The molecule has 1 N–H and O–H groups in total. The van der Waals surface area contributed by atoms with Crippen molar-refractivity contribution in [1.82, 2.24) is 5.32 Å². The zero-order chi connectivity index (χ0) is 12.3. The first-order chi connectivity index (χ1) is 8.33. The van der Waals surface area contributed by atoms with Crippen molar-refractivity contribution in [2.45, 2.75) is 89.6 Å². The van der Waals surface area contributed by atoms with E-state index in [1.807, 2.05) is 0 Å². The van der Waals surface area contributed by atoms with Crippen LogP contribution in [0.2, 0.25) is 0 Å². The lowest BCUT2D eigenvalue weighted by Gasteiger charge is -2.21. The van der Waals surface area contributed by atoms with Gasteiger partial charge in [0.15, 0.2) is 0 Å². The van der Waals surface area contributed by atoms with Gasteiger partial charge in [0.2, 0.25) is 0 Å². The Labute approximate surface area is 108 Å². The van der Waals surface area contributed by atoms with Gasteiger partial charge in [-0.25, -0.2) is 0 Å². The summed E-state index contributed by atoms with van der Waals surface area (Å²) >= 11 is 0. The van der Waals surface area contributed by atoms with Crippen LogP contribution < -0.4 is 5.32 Å². The van der Waals surface area contributed by atoms with Crippen LogP contribution in [0.25, 0.3) is 0 Å². The minimum atomic E-state index is 0.230. The Morgan fingerprint density at radius 2 is 1.29 bits per heavy atom. The van der Waals surface area contributed by atoms with Crippen molar-refractivity contribution in [3.63, 3.8) is 0 Å². The van der Waals surface area contributed by atoms with Gasteiger partial charge in [-0.05, 0) is 19.8 Å². The second-order valence-electron chi connectivity index (χ2n) is 5.51. The Bertz CT molecular complexity index is 204. The monoisotopic (exact) mass is 235 g/mol. The quantitative estimate of drug-likeness (QED) is 0.705. The first kappa shape index (κ1) is 14.6. The second kappa shape index (κ2) is 9.54. The minimum absolute atomic E-state index is 0.230. The summed E-state index contributed by atoms with van der Waals surface area (Å²) in [5.74, 6) is 2.79. The molecule has 1 aliphatic rings. The summed E-state index contributed by atoms with van der Waals surface area (Å²) in [7, 11) is 0. The molecule has 1 unspecified atom stereocenters. The van der Waals surface area contributed by atoms with Crippen molar-refractivity contribution in [3.05, 3.63) is 0 Å². The molecular formula is C16H29N. The lowest BCUT2D eigenvalue weighted by molar-refractivity contribution is 0.394. The molecule has 1 fully saturated rings. The van der Waals surface area contributed by atoms with Crippen LogP contribution >= 0.6 is 0 Å². The van der Waals surface area contributed by atoms with Crippen LogP contribution in [0.5, 0.6) is 0 Å². The Balaban J connectivity index is 2.30. The molecule has 1 rings (SSSR count). The van der Waals surface area contributed by atoms with E-state index in [9.17, 15) is 0 Å². The van der Waals surface area contributed by atoms with E-state index in [2.05, 4.69) is 18.2 Å². The fraction of sp³-hybridized carbons (Fsp3) is 0.875. The standard InChI is InChI=1S/C16H29N/c1-3-15(2)17-16-13-11-9-7-5-4-6-8-10-12-14-16/h1,15-17H,4-14H2,2H3. The van der Waals surface area contributed by atoms with Gasteiger partial charge in [-0.15, -0.1) is 6.42 Å². The van der Waals surface area contributed by atoms with Gasteiger partial charge < -0.3 is 5.32 Å². The predicted octanol–water partition coefficient (Wildman–Crippen LogP) is 4.27. The molecule has 1 saturated carbocycles. The molecule has 17 heavy (non-hydrogen) atoms. The van der Waals surface area contributed by atoms with Crippen molar-refractivity contribution in [2.75, 3.05) is 0 Å². The summed E-state index contributed by atoms with van der Waals surface area (Å²) in [5.41, 5.74) is 0. The van der Waals surface area contributed by atoms with Crippen molar-refractivity contribution in [3.8, 4) is 12.3 Å². The molecule has 0 heterocycles. The van der Waals surface area contributed by atoms with E-state index in [4.69, 9.17) is 6.42 Å². The molecule has 0 amide bonds. The van der Waals surface area contributed by atoms with E-state index in [0.717, 1.165) is 0 Å². The molecular weight excluding hydrogens is 206 g/mol. The largest absolute Gasteiger partial charge is 0.301 e. The predicted molar refractivity (Wildman–Crippen MR) is 76.0 cm³/mol. The summed E-state index contributed by atoms with van der Waals surface area (Å²) in [6.07, 6.45) is 20.8. The maximum absolute atomic E-state index is 5.45. The normalized spacial score (nSPS) is 23.1. The Kier molecular flexibility index (Phi) is 8.18. The van der Waals surface area contributed by atoms with Gasteiger partial charge in [-0.2, -0.15) is 0 Å². The number of terminal acetylenes is 1. The molecule has 0 aromatic carbocycles. The number of nitrogens with one attached hydrogen (secondary N) is 1. The van der Waals surface area contributed by atoms with Crippen LogP contribution in [0.1, 0.15) is 77.6 Å². The van der Waals surface area contributed by atoms with Crippen LogP contribution in [0.3, 0.4) is 0 Å². The highest BCUT2D eigenvalue weighted by molar-refractivity contribution is 4.97. The van der Waals surface area contributed by atoms with E-state index in [1.54, 1.807) is 0 Å². The van der Waals surface area contributed by atoms with Crippen LogP contribution in [0.4, 0.5) is 0 Å². The van der Waals surface area contributed by atoms with Gasteiger partial charge in [0.25, 0.3) is 0 Å². The van der Waals surface area contributed by atoms with Crippen molar-refractivity contribution < 1.29 is 0 Å². The first-order valence-corrected chi connectivity index (χ1v) is 7.55. The molecule has 0 bridgehead atoms. The number of rotatable bonds is 2. The van der Waals surface area contributed by atoms with E-state index in [1.165, 1.54) is 70.6 Å². The molecule has 0 radical (unpaired) electrons. The van der Waals surface area contributed by atoms with Gasteiger partial charge in [0.1, 0.15) is 0 Å². The van der Waals surface area contributed by atoms with E-state index in [0.29, 0.717) is 6.04 Å². The van der Waals surface area contributed by atoms with Crippen LogP contribution in [0, 0.1) is 12.3 Å². The van der Waals surface area contributed by atoms with E-state index < -0.39 is 0 Å². The zero-order valence-electron chi connectivity index (χ0n) is 11.5. The molecule has 0 aromatic rings. The molecule has 1 heteroatoms. The molecule has 0 aliphatic heterocycles. The summed E-state index contributed by atoms with van der Waals surface area (Å²) in [6.45, 7) is 2.09. The average Bonchev–Trinajstić information content (AvgIpc) is 2.32. The number of hydrogen-bond acceptors (Lipinski definition) is 1. The first-order valence-electron chi connectivity index (χ1n) is 7.55. The maximum atomic E-state index is 5.45. The van der Waals surface area contributed by atoms with Gasteiger partial charge in [-0.3, -0.25) is 0 Å². The SMILES string of the molecule is C#CC(C)NC1CCCCCCCCCCC1. The minimum Gasteiger partial charge on any atom is -0.301 e. The molecule has 0 saturated heterocycles. The van der Waals surface area contributed by atoms with Gasteiger partial charge in [-0.1, -0.05) is 63.7 Å². The van der Waals surface area contributed by atoms with Crippen LogP contribution in [0.15, 0.2) is 0 Å². The fourth-order valence-electron chi connectivity index (χ4n) is 2.73. The highest BCUT2D eigenvalue weighted by Gasteiger charge is 2.10. The smallest absolute Gasteiger partial charge is 0.0660 e. The third kappa shape index (κ3) is 7.45. The molecule has 0 aromatic heterocycles. The van der Waals surface area contributed by atoms with Gasteiger partial charge in [0.05, 0.1) is 6.04 Å². The summed E-state index contributed by atoms with van der Waals surface area (Å²) in [5, 5.41) is 3.58. The summed E-state index contributed by atoms with van der Waals surface area (Å²) in [6, 6.07) is 0.883.